The van der Waals surface area contributed by atoms with Gasteiger partial charge in [0.15, 0.2) is 0 Å². The van der Waals surface area contributed by atoms with Crippen LogP contribution in [0.25, 0.3) is 22.5 Å². The first kappa shape index (κ1) is 19.3. The van der Waals surface area contributed by atoms with E-state index in [-0.39, 0.29) is 18.3 Å². The molecule has 1 aromatic heterocycles. The SMILES string of the molecule is Cc1ccc(-c2c(-c3ccc(F)cc3)nc3n2CCN(C(=O)CN)C3(C)C)cc1. The third-order valence-corrected chi connectivity index (χ3v) is 5.66. The average Bonchev–Trinajstić information content (AvgIpc) is 3.09. The maximum atomic E-state index is 13.5. The maximum absolute atomic E-state index is 13.5. The zero-order valence-corrected chi connectivity index (χ0v) is 16.9. The molecule has 2 aromatic carbocycles. The molecule has 3 aromatic rings. The van der Waals surface area contributed by atoms with Gasteiger partial charge in [-0.15, -0.1) is 0 Å². The molecular formula is C23H25FN4O. The molecule has 0 spiro atoms. The highest BCUT2D eigenvalue weighted by molar-refractivity contribution is 5.81. The molecule has 1 aliphatic rings. The minimum absolute atomic E-state index is 0.0280. The van der Waals surface area contributed by atoms with Crippen LogP contribution in [0.1, 0.15) is 25.2 Å². The number of carbonyl (C=O) groups excluding carboxylic acids is 1. The fourth-order valence-electron chi connectivity index (χ4n) is 4.10. The van der Waals surface area contributed by atoms with Gasteiger partial charge in [0, 0.05) is 24.2 Å². The largest absolute Gasteiger partial charge is 0.327 e. The van der Waals surface area contributed by atoms with E-state index in [0.717, 1.165) is 28.3 Å². The lowest BCUT2D eigenvalue weighted by Crippen LogP contribution is -2.53. The molecule has 0 atom stereocenters. The Hall–Kier alpha value is -2.99. The highest BCUT2D eigenvalue weighted by Crippen LogP contribution is 2.40. The molecule has 6 heteroatoms. The maximum Gasteiger partial charge on any atom is 0.237 e. The molecule has 0 radical (unpaired) electrons. The summed E-state index contributed by atoms with van der Waals surface area (Å²) < 4.78 is 15.7. The van der Waals surface area contributed by atoms with Crippen LogP contribution in [-0.4, -0.2) is 33.4 Å². The highest BCUT2D eigenvalue weighted by Gasteiger charge is 2.41. The molecular weight excluding hydrogens is 367 g/mol. The zero-order chi connectivity index (χ0) is 20.8. The third kappa shape index (κ3) is 3.23. The molecule has 5 nitrogen and oxygen atoms in total. The zero-order valence-electron chi connectivity index (χ0n) is 16.9. The van der Waals surface area contributed by atoms with Crippen LogP contribution >= 0.6 is 0 Å². The van der Waals surface area contributed by atoms with Crippen molar-refractivity contribution >= 4 is 5.91 Å². The van der Waals surface area contributed by atoms with E-state index in [1.165, 1.54) is 17.7 Å². The second-order valence-corrected chi connectivity index (χ2v) is 7.97. The monoisotopic (exact) mass is 392 g/mol. The predicted molar refractivity (Wildman–Crippen MR) is 112 cm³/mol. The number of nitrogens with zero attached hydrogens (tertiary/aromatic N) is 3. The van der Waals surface area contributed by atoms with Crippen molar-refractivity contribution < 1.29 is 9.18 Å². The van der Waals surface area contributed by atoms with Crippen molar-refractivity contribution in [1.82, 2.24) is 14.5 Å². The number of benzene rings is 2. The lowest BCUT2D eigenvalue weighted by molar-refractivity contribution is -0.137. The number of amides is 1. The molecule has 0 fully saturated rings. The minimum atomic E-state index is -0.605. The number of carbonyl (C=O) groups is 1. The van der Waals surface area contributed by atoms with E-state index in [0.29, 0.717) is 13.1 Å². The van der Waals surface area contributed by atoms with Crippen LogP contribution in [-0.2, 0) is 16.9 Å². The van der Waals surface area contributed by atoms with Gasteiger partial charge in [0.1, 0.15) is 11.6 Å². The van der Waals surface area contributed by atoms with Crippen LogP contribution in [0.15, 0.2) is 48.5 Å². The molecule has 150 valence electrons. The van der Waals surface area contributed by atoms with Crippen LogP contribution in [0.2, 0.25) is 0 Å². The summed E-state index contributed by atoms with van der Waals surface area (Å²) in [6.45, 7) is 7.20. The summed E-state index contributed by atoms with van der Waals surface area (Å²) in [5.74, 6) is 0.430. The van der Waals surface area contributed by atoms with Crippen LogP contribution in [0.5, 0.6) is 0 Å². The number of rotatable bonds is 3. The van der Waals surface area contributed by atoms with Crippen molar-refractivity contribution in [2.75, 3.05) is 13.1 Å². The Bertz CT molecular complexity index is 1050. The molecule has 0 aliphatic carbocycles. The molecule has 0 unspecified atom stereocenters. The number of fused-ring (bicyclic) bond motifs is 1. The van der Waals surface area contributed by atoms with Gasteiger partial charge in [0.05, 0.1) is 23.5 Å². The van der Waals surface area contributed by atoms with Gasteiger partial charge in [-0.25, -0.2) is 9.37 Å². The predicted octanol–water partition coefficient (Wildman–Crippen LogP) is 3.70. The Balaban J connectivity index is 1.95. The smallest absolute Gasteiger partial charge is 0.237 e. The van der Waals surface area contributed by atoms with Crippen molar-refractivity contribution in [3.63, 3.8) is 0 Å². The number of halogens is 1. The molecule has 0 saturated carbocycles. The second-order valence-electron chi connectivity index (χ2n) is 7.97. The lowest BCUT2D eigenvalue weighted by atomic mass is 9.98. The molecule has 1 aliphatic heterocycles. The summed E-state index contributed by atoms with van der Waals surface area (Å²) in [6, 6.07) is 14.7. The summed E-state index contributed by atoms with van der Waals surface area (Å²) in [5, 5.41) is 0. The fourth-order valence-corrected chi connectivity index (χ4v) is 4.10. The molecule has 1 amide bonds. The molecule has 2 N–H and O–H groups in total. The number of hydrogen-bond acceptors (Lipinski definition) is 3. The van der Waals surface area contributed by atoms with Gasteiger partial charge in [0.2, 0.25) is 5.91 Å². The van der Waals surface area contributed by atoms with Crippen molar-refractivity contribution in [1.29, 1.82) is 0 Å². The topological polar surface area (TPSA) is 64.2 Å². The quantitative estimate of drug-likeness (QED) is 0.739. The summed E-state index contributed by atoms with van der Waals surface area (Å²) in [6.07, 6.45) is 0. The van der Waals surface area contributed by atoms with E-state index in [4.69, 9.17) is 10.7 Å². The van der Waals surface area contributed by atoms with E-state index in [2.05, 4.69) is 35.8 Å². The van der Waals surface area contributed by atoms with Gasteiger partial charge in [-0.3, -0.25) is 4.79 Å². The van der Waals surface area contributed by atoms with Gasteiger partial charge in [0.25, 0.3) is 0 Å². The van der Waals surface area contributed by atoms with Crippen LogP contribution < -0.4 is 5.73 Å². The van der Waals surface area contributed by atoms with Gasteiger partial charge >= 0.3 is 0 Å². The number of aromatic nitrogens is 2. The first-order valence-electron chi connectivity index (χ1n) is 9.77. The van der Waals surface area contributed by atoms with E-state index in [9.17, 15) is 9.18 Å². The number of nitrogens with two attached hydrogens (primary N) is 1. The van der Waals surface area contributed by atoms with E-state index < -0.39 is 5.54 Å². The van der Waals surface area contributed by atoms with Crippen LogP contribution in [0.3, 0.4) is 0 Å². The molecule has 4 rings (SSSR count). The second kappa shape index (κ2) is 7.12. The minimum Gasteiger partial charge on any atom is -0.327 e. The molecule has 0 saturated heterocycles. The lowest BCUT2D eigenvalue weighted by Gasteiger charge is -2.42. The van der Waals surface area contributed by atoms with E-state index >= 15 is 0 Å². The van der Waals surface area contributed by atoms with E-state index in [1.807, 2.05) is 13.8 Å². The summed E-state index contributed by atoms with van der Waals surface area (Å²) in [7, 11) is 0. The third-order valence-electron chi connectivity index (χ3n) is 5.66. The molecule has 2 heterocycles. The summed E-state index contributed by atoms with van der Waals surface area (Å²) in [5.41, 5.74) is 9.87. The van der Waals surface area contributed by atoms with Gasteiger partial charge < -0.3 is 15.2 Å². The number of imidazole rings is 1. The standard InChI is InChI=1S/C23H25FN4O/c1-15-4-6-17(7-5-15)21-20(16-8-10-18(24)11-9-16)26-22-23(2,3)28(19(29)14-25)13-12-27(21)22/h4-11H,12-14,25H2,1-3H3. The summed E-state index contributed by atoms with van der Waals surface area (Å²) in [4.78, 5) is 19.2. The van der Waals surface area contributed by atoms with Crippen LogP contribution in [0.4, 0.5) is 4.39 Å². The van der Waals surface area contributed by atoms with Gasteiger partial charge in [-0.2, -0.15) is 0 Å². The Morgan fingerprint density at radius 1 is 1.07 bits per heavy atom. The highest BCUT2D eigenvalue weighted by atomic mass is 19.1. The van der Waals surface area contributed by atoms with Crippen molar-refractivity contribution in [3.8, 4) is 22.5 Å². The summed E-state index contributed by atoms with van der Waals surface area (Å²) >= 11 is 0. The fraction of sp³-hybridized carbons (Fsp3) is 0.304. The van der Waals surface area contributed by atoms with Crippen molar-refractivity contribution in [2.45, 2.75) is 32.9 Å². The van der Waals surface area contributed by atoms with Crippen LogP contribution in [0, 0.1) is 12.7 Å². The Morgan fingerprint density at radius 2 is 1.69 bits per heavy atom. The number of aryl methyl sites for hydroxylation is 1. The number of hydrogen-bond donors (Lipinski definition) is 1. The Kier molecular flexibility index (Phi) is 4.74. The Morgan fingerprint density at radius 3 is 2.31 bits per heavy atom. The first-order valence-corrected chi connectivity index (χ1v) is 9.77. The molecule has 29 heavy (non-hydrogen) atoms. The van der Waals surface area contributed by atoms with Crippen molar-refractivity contribution in [2.24, 2.45) is 5.73 Å². The average molecular weight is 392 g/mol. The Labute approximate surface area is 170 Å². The van der Waals surface area contributed by atoms with E-state index in [1.54, 1.807) is 17.0 Å². The van der Waals surface area contributed by atoms with Crippen molar-refractivity contribution in [3.05, 3.63) is 65.7 Å². The van der Waals surface area contributed by atoms with Gasteiger partial charge in [-0.05, 0) is 45.0 Å². The van der Waals surface area contributed by atoms with Gasteiger partial charge in [-0.1, -0.05) is 29.8 Å². The first-order chi connectivity index (χ1) is 13.8. The molecule has 0 bridgehead atoms. The normalized spacial score (nSPS) is 15.3.